The maximum Gasteiger partial charge on any atom is 0.262 e. The SMILES string of the molecule is ClCCN(CCCl)c1ccc(/C=C/c2sc3ccccc3[n+]2CCCCI)cc1. The molecule has 3 aromatic rings. The molecule has 3 rings (SSSR count). The van der Waals surface area contributed by atoms with Gasteiger partial charge in [0, 0.05) is 49.1 Å². The van der Waals surface area contributed by atoms with Crippen molar-refractivity contribution < 1.29 is 4.57 Å². The lowest BCUT2D eigenvalue weighted by atomic mass is 10.2. The minimum atomic E-state index is 0.599. The molecule has 0 radical (unpaired) electrons. The molecule has 0 bridgehead atoms. The van der Waals surface area contributed by atoms with E-state index < -0.39 is 0 Å². The van der Waals surface area contributed by atoms with Crippen LogP contribution in [0.25, 0.3) is 22.4 Å². The molecule has 0 unspecified atom stereocenters. The summed E-state index contributed by atoms with van der Waals surface area (Å²) in [5, 5.41) is 1.30. The van der Waals surface area contributed by atoms with Gasteiger partial charge < -0.3 is 4.90 Å². The van der Waals surface area contributed by atoms with Gasteiger partial charge in [-0.25, -0.2) is 0 Å². The molecule has 0 aliphatic rings. The number of thiazole rings is 1. The number of alkyl halides is 3. The molecule has 29 heavy (non-hydrogen) atoms. The van der Waals surface area contributed by atoms with Crippen LogP contribution in [-0.4, -0.2) is 29.3 Å². The summed E-state index contributed by atoms with van der Waals surface area (Å²) in [6.45, 7) is 2.68. The molecule has 1 aromatic heterocycles. The summed E-state index contributed by atoms with van der Waals surface area (Å²) in [6, 6.07) is 17.3. The van der Waals surface area contributed by atoms with Crippen molar-refractivity contribution >= 4 is 85.2 Å². The van der Waals surface area contributed by atoms with Crippen LogP contribution in [0.1, 0.15) is 23.4 Å². The average Bonchev–Trinajstić information content (AvgIpc) is 3.10. The maximum atomic E-state index is 5.93. The maximum absolute atomic E-state index is 5.93. The van der Waals surface area contributed by atoms with E-state index in [9.17, 15) is 0 Å². The molecule has 0 fully saturated rings. The highest BCUT2D eigenvalue weighted by Gasteiger charge is 2.17. The fourth-order valence-corrected chi connectivity index (χ4v) is 5.35. The highest BCUT2D eigenvalue weighted by Crippen LogP contribution is 2.23. The molecular weight excluding hydrogens is 534 g/mol. The molecule has 6 heteroatoms. The lowest BCUT2D eigenvalue weighted by molar-refractivity contribution is -0.669. The standard InChI is InChI=1S/C23H26Cl2IN2S/c24-13-17-27(18-14-25)20-10-7-19(8-11-20)9-12-23-28(16-4-3-15-26)21-5-1-2-6-22(21)29-23/h1-2,5-12H,3-4,13-18H2/q+1. The second-order valence-corrected chi connectivity index (χ2v) is 9.64. The number of aromatic nitrogens is 1. The Morgan fingerprint density at radius 1 is 0.931 bits per heavy atom. The van der Waals surface area contributed by atoms with Crippen molar-refractivity contribution in [1.29, 1.82) is 0 Å². The molecular formula is C23H26Cl2IN2S+. The van der Waals surface area contributed by atoms with Gasteiger partial charge >= 0.3 is 0 Å². The van der Waals surface area contributed by atoms with Crippen LogP contribution in [0, 0.1) is 0 Å². The Bertz CT molecular complexity index is 918. The summed E-state index contributed by atoms with van der Waals surface area (Å²) in [5.41, 5.74) is 3.69. The van der Waals surface area contributed by atoms with E-state index in [-0.39, 0.29) is 0 Å². The molecule has 0 N–H and O–H groups in total. The predicted molar refractivity (Wildman–Crippen MR) is 139 cm³/mol. The first-order chi connectivity index (χ1) is 14.3. The number of halogens is 3. The van der Waals surface area contributed by atoms with Gasteiger partial charge in [0.1, 0.15) is 4.70 Å². The summed E-state index contributed by atoms with van der Waals surface area (Å²) < 4.78 is 5.01. The number of nitrogens with zero attached hydrogens (tertiary/aromatic N) is 2. The molecule has 0 atom stereocenters. The number of fused-ring (bicyclic) bond motifs is 1. The molecule has 0 spiro atoms. The van der Waals surface area contributed by atoms with Crippen molar-refractivity contribution in [3.63, 3.8) is 0 Å². The second kappa shape index (κ2) is 12.1. The molecule has 0 amide bonds. The van der Waals surface area contributed by atoms with E-state index >= 15 is 0 Å². The quantitative estimate of drug-likeness (QED) is 0.108. The Labute approximate surface area is 201 Å². The van der Waals surface area contributed by atoms with E-state index in [1.165, 1.54) is 43.7 Å². The third-order valence-corrected chi connectivity index (χ3v) is 7.02. The van der Waals surface area contributed by atoms with Crippen molar-refractivity contribution in [3.05, 3.63) is 59.1 Å². The highest BCUT2D eigenvalue weighted by atomic mass is 127. The van der Waals surface area contributed by atoms with E-state index in [0.29, 0.717) is 11.8 Å². The zero-order chi connectivity index (χ0) is 20.5. The van der Waals surface area contributed by atoms with Gasteiger partial charge in [-0.15, -0.1) is 23.2 Å². The fourth-order valence-electron chi connectivity index (χ4n) is 3.31. The highest BCUT2D eigenvalue weighted by molar-refractivity contribution is 14.1. The number of aryl methyl sites for hydroxylation is 1. The number of para-hydroxylation sites is 1. The van der Waals surface area contributed by atoms with E-state index in [1.807, 2.05) is 11.3 Å². The van der Waals surface area contributed by atoms with Crippen LogP contribution in [0.3, 0.4) is 0 Å². The summed E-state index contributed by atoms with van der Waals surface area (Å²) in [7, 11) is 0. The van der Waals surface area contributed by atoms with Crippen LogP contribution in [0.15, 0.2) is 48.5 Å². The van der Waals surface area contributed by atoms with E-state index in [4.69, 9.17) is 23.2 Å². The van der Waals surface area contributed by atoms with Crippen molar-refractivity contribution in [2.24, 2.45) is 0 Å². The first-order valence-electron chi connectivity index (χ1n) is 9.89. The van der Waals surface area contributed by atoms with Gasteiger partial charge in [0.15, 0.2) is 6.54 Å². The number of hydrogen-bond acceptors (Lipinski definition) is 2. The van der Waals surface area contributed by atoms with E-state index in [1.54, 1.807) is 0 Å². The summed E-state index contributed by atoms with van der Waals surface area (Å²) in [5.74, 6) is 1.20. The van der Waals surface area contributed by atoms with Crippen LogP contribution >= 0.6 is 57.1 Å². The number of unbranched alkanes of at least 4 members (excludes halogenated alkanes) is 1. The van der Waals surface area contributed by atoms with Crippen LogP contribution in [0.2, 0.25) is 0 Å². The third-order valence-electron chi connectivity index (χ3n) is 4.79. The Morgan fingerprint density at radius 3 is 2.34 bits per heavy atom. The van der Waals surface area contributed by atoms with E-state index in [0.717, 1.165) is 19.6 Å². The predicted octanol–water partition coefficient (Wildman–Crippen LogP) is 6.86. The molecule has 0 saturated carbocycles. The normalized spacial score (nSPS) is 11.6. The van der Waals surface area contributed by atoms with Gasteiger partial charge in [0.05, 0.1) is 0 Å². The van der Waals surface area contributed by atoms with Crippen LogP contribution in [0.5, 0.6) is 0 Å². The second-order valence-electron chi connectivity index (χ2n) is 6.75. The van der Waals surface area contributed by atoms with Crippen molar-refractivity contribution in [2.75, 3.05) is 34.2 Å². The molecule has 0 saturated heterocycles. The molecule has 0 aliphatic heterocycles. The Morgan fingerprint density at radius 2 is 1.66 bits per heavy atom. The largest absolute Gasteiger partial charge is 0.369 e. The Balaban J connectivity index is 1.80. The smallest absolute Gasteiger partial charge is 0.262 e. The first-order valence-corrected chi connectivity index (χ1v) is 13.3. The summed E-state index contributed by atoms with van der Waals surface area (Å²) >= 11 is 16.2. The van der Waals surface area contributed by atoms with Crippen LogP contribution < -0.4 is 9.47 Å². The summed E-state index contributed by atoms with van der Waals surface area (Å²) in [6.07, 6.45) is 6.92. The third kappa shape index (κ3) is 6.33. The van der Waals surface area contributed by atoms with Crippen molar-refractivity contribution in [2.45, 2.75) is 19.4 Å². The van der Waals surface area contributed by atoms with Gasteiger partial charge in [0.25, 0.3) is 5.01 Å². The molecule has 0 aliphatic carbocycles. The average molecular weight is 560 g/mol. The molecule has 154 valence electrons. The minimum Gasteiger partial charge on any atom is -0.369 e. The van der Waals surface area contributed by atoms with Crippen LogP contribution in [-0.2, 0) is 6.54 Å². The zero-order valence-electron chi connectivity index (χ0n) is 16.4. The molecule has 2 aromatic carbocycles. The Hall–Kier alpha value is -0.820. The van der Waals surface area contributed by atoms with Crippen LogP contribution in [0.4, 0.5) is 5.69 Å². The van der Waals surface area contributed by atoms with E-state index in [2.05, 4.69) is 92.7 Å². The first kappa shape index (κ1) is 22.9. The minimum absolute atomic E-state index is 0.599. The molecule has 1 heterocycles. The lowest BCUT2D eigenvalue weighted by Crippen LogP contribution is -2.35. The summed E-state index contributed by atoms with van der Waals surface area (Å²) in [4.78, 5) is 2.22. The van der Waals surface area contributed by atoms with Gasteiger partial charge in [-0.2, -0.15) is 4.57 Å². The monoisotopic (exact) mass is 559 g/mol. The van der Waals surface area contributed by atoms with Gasteiger partial charge in [0.2, 0.25) is 5.52 Å². The van der Waals surface area contributed by atoms with Gasteiger partial charge in [-0.1, -0.05) is 58.2 Å². The number of benzene rings is 2. The number of rotatable bonds is 11. The van der Waals surface area contributed by atoms with Gasteiger partial charge in [-0.3, -0.25) is 0 Å². The van der Waals surface area contributed by atoms with Crippen molar-refractivity contribution in [1.82, 2.24) is 0 Å². The number of hydrogen-bond donors (Lipinski definition) is 0. The Kier molecular flexibility index (Phi) is 9.56. The fraction of sp³-hybridized carbons (Fsp3) is 0.348. The number of anilines is 1. The lowest BCUT2D eigenvalue weighted by Gasteiger charge is -2.22. The van der Waals surface area contributed by atoms with Gasteiger partial charge in [-0.05, 0) is 40.7 Å². The van der Waals surface area contributed by atoms with Crippen molar-refractivity contribution in [3.8, 4) is 0 Å². The topological polar surface area (TPSA) is 7.12 Å². The molecule has 2 nitrogen and oxygen atoms in total. The zero-order valence-corrected chi connectivity index (χ0v) is 20.9.